The van der Waals surface area contributed by atoms with Crippen LogP contribution in [0.4, 0.5) is 0 Å². The molecule has 0 aliphatic carbocycles. The van der Waals surface area contributed by atoms with Gasteiger partial charge in [0.25, 0.3) is 0 Å². The molecule has 3 nitrogen and oxygen atoms in total. The Labute approximate surface area is 122 Å². The van der Waals surface area contributed by atoms with Gasteiger partial charge in [0.2, 0.25) is 0 Å². The van der Waals surface area contributed by atoms with Crippen molar-refractivity contribution in [3.05, 3.63) is 17.0 Å². The van der Waals surface area contributed by atoms with Gasteiger partial charge in [-0.25, -0.2) is 9.97 Å². The third-order valence-corrected chi connectivity index (χ3v) is 4.36. The molecule has 0 aromatic carbocycles. The van der Waals surface area contributed by atoms with E-state index in [0.717, 1.165) is 28.8 Å². The Kier molecular flexibility index (Phi) is 7.39. The molecule has 0 saturated heterocycles. The summed E-state index contributed by atoms with van der Waals surface area (Å²) in [5.74, 6) is 1.05. The minimum absolute atomic E-state index is 0.570. The fraction of sp³-hybridized carbons (Fsp3) is 0.733. The standard InChI is InChI=1S/C15H27N3S/c1-6-8-14(16-9-7-2)10-19-15-17-12(4)11(3)13(5)18-15/h14,16H,6-10H2,1-5H3. The lowest BCUT2D eigenvalue weighted by atomic mass is 10.2. The van der Waals surface area contributed by atoms with Crippen LogP contribution in [0.1, 0.15) is 50.1 Å². The highest BCUT2D eigenvalue weighted by Crippen LogP contribution is 2.19. The molecule has 0 bridgehead atoms. The topological polar surface area (TPSA) is 37.8 Å². The smallest absolute Gasteiger partial charge is 0.188 e. The molecular weight excluding hydrogens is 254 g/mol. The van der Waals surface area contributed by atoms with Crippen LogP contribution >= 0.6 is 11.8 Å². The molecule has 0 radical (unpaired) electrons. The number of rotatable bonds is 8. The van der Waals surface area contributed by atoms with E-state index in [1.165, 1.54) is 24.8 Å². The molecule has 0 aliphatic rings. The van der Waals surface area contributed by atoms with Crippen LogP contribution in [0.25, 0.3) is 0 Å². The van der Waals surface area contributed by atoms with Gasteiger partial charge < -0.3 is 5.32 Å². The van der Waals surface area contributed by atoms with Crippen LogP contribution in [-0.2, 0) is 0 Å². The zero-order valence-corrected chi connectivity index (χ0v) is 13.7. The van der Waals surface area contributed by atoms with Crippen molar-refractivity contribution in [2.45, 2.75) is 65.1 Å². The zero-order valence-electron chi connectivity index (χ0n) is 12.9. The molecule has 1 N–H and O–H groups in total. The molecule has 1 aromatic heterocycles. The van der Waals surface area contributed by atoms with Gasteiger partial charge in [-0.15, -0.1) is 0 Å². The molecule has 19 heavy (non-hydrogen) atoms. The van der Waals surface area contributed by atoms with Crippen LogP contribution in [0.5, 0.6) is 0 Å². The zero-order chi connectivity index (χ0) is 14.3. The van der Waals surface area contributed by atoms with Crippen LogP contribution in [0, 0.1) is 20.8 Å². The number of aryl methyl sites for hydroxylation is 2. The Hall–Kier alpha value is -0.610. The summed E-state index contributed by atoms with van der Waals surface area (Å²) in [4.78, 5) is 9.14. The van der Waals surface area contributed by atoms with Crippen molar-refractivity contribution >= 4 is 11.8 Å². The number of nitrogens with one attached hydrogen (secondary N) is 1. The third-order valence-electron chi connectivity index (χ3n) is 3.35. The largest absolute Gasteiger partial charge is 0.313 e. The Bertz CT molecular complexity index is 370. The van der Waals surface area contributed by atoms with Gasteiger partial charge in [0.15, 0.2) is 5.16 Å². The molecule has 1 rings (SSSR count). The van der Waals surface area contributed by atoms with Crippen molar-refractivity contribution in [2.75, 3.05) is 12.3 Å². The normalized spacial score (nSPS) is 12.7. The first-order chi connectivity index (χ1) is 9.08. The van der Waals surface area contributed by atoms with Crippen molar-refractivity contribution < 1.29 is 0 Å². The fourth-order valence-corrected chi connectivity index (χ4v) is 2.96. The molecular formula is C15H27N3S. The molecule has 0 fully saturated rings. The van der Waals surface area contributed by atoms with E-state index in [0.29, 0.717) is 6.04 Å². The van der Waals surface area contributed by atoms with Crippen LogP contribution in [0.2, 0.25) is 0 Å². The van der Waals surface area contributed by atoms with E-state index in [2.05, 4.69) is 49.9 Å². The molecule has 1 aromatic rings. The molecule has 1 heterocycles. The van der Waals surface area contributed by atoms with Crippen LogP contribution in [0.3, 0.4) is 0 Å². The molecule has 1 atom stereocenters. The summed E-state index contributed by atoms with van der Waals surface area (Å²) in [6, 6.07) is 0.570. The first-order valence-electron chi connectivity index (χ1n) is 7.26. The fourth-order valence-electron chi connectivity index (χ4n) is 1.92. The second kappa shape index (κ2) is 8.54. The minimum atomic E-state index is 0.570. The molecule has 4 heteroatoms. The van der Waals surface area contributed by atoms with E-state index >= 15 is 0 Å². The molecule has 0 amide bonds. The Morgan fingerprint density at radius 3 is 2.21 bits per heavy atom. The second-order valence-corrected chi connectivity index (χ2v) is 6.04. The molecule has 0 spiro atoms. The first kappa shape index (κ1) is 16.4. The Morgan fingerprint density at radius 2 is 1.68 bits per heavy atom. The van der Waals surface area contributed by atoms with E-state index in [9.17, 15) is 0 Å². The summed E-state index contributed by atoms with van der Waals surface area (Å²) in [6.07, 6.45) is 3.62. The van der Waals surface area contributed by atoms with E-state index in [1.807, 2.05) is 0 Å². The number of hydrogen-bond donors (Lipinski definition) is 1. The summed E-state index contributed by atoms with van der Waals surface area (Å²) in [5.41, 5.74) is 3.41. The van der Waals surface area contributed by atoms with Crippen molar-refractivity contribution in [1.29, 1.82) is 0 Å². The van der Waals surface area contributed by atoms with E-state index in [-0.39, 0.29) is 0 Å². The summed E-state index contributed by atoms with van der Waals surface area (Å²) < 4.78 is 0. The minimum Gasteiger partial charge on any atom is -0.313 e. The highest BCUT2D eigenvalue weighted by Gasteiger charge is 2.10. The molecule has 1 unspecified atom stereocenters. The van der Waals surface area contributed by atoms with Gasteiger partial charge >= 0.3 is 0 Å². The summed E-state index contributed by atoms with van der Waals surface area (Å²) in [6.45, 7) is 11.8. The maximum absolute atomic E-state index is 4.57. The van der Waals surface area contributed by atoms with Gasteiger partial charge in [0.05, 0.1) is 0 Å². The lowest BCUT2D eigenvalue weighted by molar-refractivity contribution is 0.514. The molecule has 108 valence electrons. The number of thioether (sulfide) groups is 1. The maximum Gasteiger partial charge on any atom is 0.188 e. The number of aromatic nitrogens is 2. The highest BCUT2D eigenvalue weighted by atomic mass is 32.2. The number of nitrogens with zero attached hydrogens (tertiary/aromatic N) is 2. The third kappa shape index (κ3) is 5.49. The van der Waals surface area contributed by atoms with Crippen molar-refractivity contribution in [3.8, 4) is 0 Å². The molecule has 0 saturated carbocycles. The maximum atomic E-state index is 4.57. The van der Waals surface area contributed by atoms with Crippen LogP contribution in [-0.4, -0.2) is 28.3 Å². The van der Waals surface area contributed by atoms with Gasteiger partial charge in [0, 0.05) is 23.2 Å². The van der Waals surface area contributed by atoms with Gasteiger partial charge in [-0.3, -0.25) is 0 Å². The van der Waals surface area contributed by atoms with Crippen LogP contribution < -0.4 is 5.32 Å². The van der Waals surface area contributed by atoms with Crippen molar-refractivity contribution in [3.63, 3.8) is 0 Å². The average molecular weight is 281 g/mol. The average Bonchev–Trinajstić information content (AvgIpc) is 2.39. The Balaban J connectivity index is 2.58. The van der Waals surface area contributed by atoms with Crippen LogP contribution in [0.15, 0.2) is 5.16 Å². The predicted octanol–water partition coefficient (Wildman–Crippen LogP) is 3.66. The van der Waals surface area contributed by atoms with Crippen molar-refractivity contribution in [2.24, 2.45) is 0 Å². The van der Waals surface area contributed by atoms with Gasteiger partial charge in [-0.05, 0) is 45.7 Å². The lowest BCUT2D eigenvalue weighted by Gasteiger charge is -2.17. The molecule has 0 aliphatic heterocycles. The first-order valence-corrected chi connectivity index (χ1v) is 8.25. The predicted molar refractivity (Wildman–Crippen MR) is 84.0 cm³/mol. The van der Waals surface area contributed by atoms with Crippen molar-refractivity contribution in [1.82, 2.24) is 15.3 Å². The van der Waals surface area contributed by atoms with E-state index in [1.54, 1.807) is 11.8 Å². The summed E-state index contributed by atoms with van der Waals surface area (Å²) in [7, 11) is 0. The summed E-state index contributed by atoms with van der Waals surface area (Å²) in [5, 5.41) is 4.52. The van der Waals surface area contributed by atoms with Gasteiger partial charge in [-0.2, -0.15) is 0 Å². The Morgan fingerprint density at radius 1 is 1.05 bits per heavy atom. The van der Waals surface area contributed by atoms with E-state index in [4.69, 9.17) is 0 Å². The number of hydrogen-bond acceptors (Lipinski definition) is 4. The van der Waals surface area contributed by atoms with Gasteiger partial charge in [0.1, 0.15) is 0 Å². The highest BCUT2D eigenvalue weighted by molar-refractivity contribution is 7.99. The quantitative estimate of drug-likeness (QED) is 0.583. The second-order valence-electron chi connectivity index (χ2n) is 5.05. The monoisotopic (exact) mass is 281 g/mol. The lowest BCUT2D eigenvalue weighted by Crippen LogP contribution is -2.31. The van der Waals surface area contributed by atoms with Gasteiger partial charge in [-0.1, -0.05) is 32.0 Å². The SMILES string of the molecule is CCCNC(CCC)CSc1nc(C)c(C)c(C)n1. The summed E-state index contributed by atoms with van der Waals surface area (Å²) >= 11 is 1.77. The van der Waals surface area contributed by atoms with E-state index < -0.39 is 0 Å².